The number of hydrogen-bond acceptors (Lipinski definition) is 2. The Bertz CT molecular complexity index is 763. The van der Waals surface area contributed by atoms with Gasteiger partial charge in [-0.1, -0.05) is 5.92 Å². The van der Waals surface area contributed by atoms with E-state index >= 15 is 0 Å². The fourth-order valence-electron chi connectivity index (χ4n) is 1.81. The predicted octanol–water partition coefficient (Wildman–Crippen LogP) is 4.03. The van der Waals surface area contributed by atoms with Gasteiger partial charge in [0.2, 0.25) is 0 Å². The van der Waals surface area contributed by atoms with Crippen molar-refractivity contribution in [2.45, 2.75) is 6.92 Å². The monoisotopic (exact) mass is 289 g/mol. The lowest BCUT2D eigenvalue weighted by Crippen LogP contribution is -2.06. The first-order chi connectivity index (χ1) is 9.93. The molecule has 0 bridgehead atoms. The van der Waals surface area contributed by atoms with Crippen LogP contribution in [0.3, 0.4) is 0 Å². The molecule has 0 unspecified atom stereocenters. The molecule has 0 radical (unpaired) electrons. The molecule has 0 saturated carbocycles. The molecule has 2 rings (SSSR count). The van der Waals surface area contributed by atoms with Gasteiger partial charge in [0.15, 0.2) is 17.4 Å². The number of benzene rings is 2. The molecule has 0 aliphatic heterocycles. The molecular formula is C16H10F3NO. The Kier molecular flexibility index (Phi) is 3.99. The number of carbonyl (C=O) groups excluding carboxylic acids is 1. The third-order valence-corrected chi connectivity index (χ3v) is 2.87. The quantitative estimate of drug-likeness (QED) is 0.682. The predicted molar refractivity (Wildman–Crippen MR) is 74.0 cm³/mol. The van der Waals surface area contributed by atoms with Crippen molar-refractivity contribution in [3.8, 4) is 12.3 Å². The van der Waals surface area contributed by atoms with Crippen LogP contribution in [0.5, 0.6) is 0 Å². The van der Waals surface area contributed by atoms with E-state index in [0.717, 1.165) is 18.2 Å². The van der Waals surface area contributed by atoms with E-state index in [0.29, 0.717) is 5.56 Å². The number of Topliss-reactive ketones (excluding diaryl/α,β-unsaturated/α-hetero) is 1. The number of rotatable bonds is 3. The van der Waals surface area contributed by atoms with Gasteiger partial charge in [0.25, 0.3) is 0 Å². The maximum Gasteiger partial charge on any atom is 0.182 e. The normalized spacial score (nSPS) is 10.0. The summed E-state index contributed by atoms with van der Waals surface area (Å²) in [6, 6.07) is 5.79. The van der Waals surface area contributed by atoms with Crippen molar-refractivity contribution in [3.63, 3.8) is 0 Å². The largest absolute Gasteiger partial charge is 0.350 e. The average Bonchev–Trinajstić information content (AvgIpc) is 2.45. The first kappa shape index (κ1) is 14.7. The number of terminal acetylenes is 1. The molecule has 0 saturated heterocycles. The van der Waals surface area contributed by atoms with Gasteiger partial charge in [-0.2, -0.15) is 0 Å². The first-order valence-electron chi connectivity index (χ1n) is 5.96. The zero-order valence-electron chi connectivity index (χ0n) is 11.0. The van der Waals surface area contributed by atoms with Crippen LogP contribution in [0.25, 0.3) is 0 Å². The molecule has 1 N–H and O–H groups in total. The Hall–Kier alpha value is -2.74. The molecule has 0 fully saturated rings. The Morgan fingerprint density at radius 2 is 1.86 bits per heavy atom. The SMILES string of the molecule is C#Cc1ccc(Nc2c(C(C)=O)ccc(F)c2F)c(F)c1. The molecule has 0 amide bonds. The Morgan fingerprint density at radius 3 is 2.43 bits per heavy atom. The fraction of sp³-hybridized carbons (Fsp3) is 0.0625. The lowest BCUT2D eigenvalue weighted by molar-refractivity contribution is 0.101. The molecule has 0 heterocycles. The van der Waals surface area contributed by atoms with E-state index < -0.39 is 28.9 Å². The van der Waals surface area contributed by atoms with E-state index in [1.807, 2.05) is 0 Å². The van der Waals surface area contributed by atoms with E-state index in [9.17, 15) is 18.0 Å². The molecule has 2 nitrogen and oxygen atoms in total. The van der Waals surface area contributed by atoms with Crippen LogP contribution >= 0.6 is 0 Å². The summed E-state index contributed by atoms with van der Waals surface area (Å²) in [6.45, 7) is 1.20. The maximum absolute atomic E-state index is 13.8. The third-order valence-electron chi connectivity index (χ3n) is 2.87. The summed E-state index contributed by atoms with van der Waals surface area (Å²) in [5.74, 6) is -1.34. The van der Waals surface area contributed by atoms with Crippen molar-refractivity contribution >= 4 is 17.2 Å². The van der Waals surface area contributed by atoms with Gasteiger partial charge in [0.1, 0.15) is 5.82 Å². The van der Waals surface area contributed by atoms with E-state index in [2.05, 4.69) is 11.2 Å². The molecule has 106 valence electrons. The van der Waals surface area contributed by atoms with Crippen molar-refractivity contribution in [2.75, 3.05) is 5.32 Å². The minimum atomic E-state index is -1.25. The van der Waals surface area contributed by atoms with Crippen molar-refractivity contribution < 1.29 is 18.0 Å². The summed E-state index contributed by atoms with van der Waals surface area (Å²) >= 11 is 0. The highest BCUT2D eigenvalue weighted by molar-refractivity contribution is 6.00. The first-order valence-corrected chi connectivity index (χ1v) is 5.96. The van der Waals surface area contributed by atoms with Crippen molar-refractivity contribution in [1.29, 1.82) is 0 Å². The van der Waals surface area contributed by atoms with Crippen molar-refractivity contribution in [1.82, 2.24) is 0 Å². The highest BCUT2D eigenvalue weighted by Crippen LogP contribution is 2.28. The van der Waals surface area contributed by atoms with E-state index in [1.165, 1.54) is 19.1 Å². The summed E-state index contributed by atoms with van der Waals surface area (Å²) in [5.41, 5.74) is -0.283. The molecule has 0 spiro atoms. The zero-order chi connectivity index (χ0) is 15.6. The van der Waals surface area contributed by atoms with Gasteiger partial charge in [-0.15, -0.1) is 6.42 Å². The second-order valence-corrected chi connectivity index (χ2v) is 4.30. The summed E-state index contributed by atoms with van der Waals surface area (Å²) in [5, 5.41) is 2.40. The number of halogens is 3. The van der Waals surface area contributed by atoms with Gasteiger partial charge < -0.3 is 5.32 Å². The van der Waals surface area contributed by atoms with Gasteiger partial charge in [-0.25, -0.2) is 13.2 Å². The molecular weight excluding hydrogens is 279 g/mol. The Morgan fingerprint density at radius 1 is 1.14 bits per heavy atom. The molecule has 0 aromatic heterocycles. The fourth-order valence-corrected chi connectivity index (χ4v) is 1.81. The highest BCUT2D eigenvalue weighted by atomic mass is 19.2. The van der Waals surface area contributed by atoms with Crippen LogP contribution in [0.15, 0.2) is 30.3 Å². The standard InChI is InChI=1S/C16H10F3NO/c1-3-10-4-7-14(13(18)8-10)20-16-11(9(2)21)5-6-12(17)15(16)19/h1,4-8,20H,2H3. The number of hydrogen-bond donors (Lipinski definition) is 1. The summed E-state index contributed by atoms with van der Waals surface area (Å²) < 4.78 is 41.0. The summed E-state index contributed by atoms with van der Waals surface area (Å²) in [7, 11) is 0. The topological polar surface area (TPSA) is 29.1 Å². The molecule has 0 aliphatic rings. The number of anilines is 2. The average molecular weight is 289 g/mol. The van der Waals surface area contributed by atoms with Crippen molar-refractivity contribution in [3.05, 3.63) is 58.9 Å². The zero-order valence-corrected chi connectivity index (χ0v) is 11.0. The smallest absolute Gasteiger partial charge is 0.182 e. The molecule has 21 heavy (non-hydrogen) atoms. The molecule has 2 aromatic carbocycles. The Labute approximate surface area is 119 Å². The second kappa shape index (κ2) is 5.71. The van der Waals surface area contributed by atoms with E-state index in [4.69, 9.17) is 6.42 Å². The van der Waals surface area contributed by atoms with Crippen LogP contribution in [-0.4, -0.2) is 5.78 Å². The minimum Gasteiger partial charge on any atom is -0.350 e. The number of ketones is 1. The van der Waals surface area contributed by atoms with Gasteiger partial charge >= 0.3 is 0 Å². The number of carbonyl (C=O) groups is 1. The van der Waals surface area contributed by atoms with Crippen LogP contribution in [0, 0.1) is 29.8 Å². The second-order valence-electron chi connectivity index (χ2n) is 4.30. The Balaban J connectivity index is 2.51. The number of nitrogens with one attached hydrogen (secondary N) is 1. The molecule has 0 aliphatic carbocycles. The van der Waals surface area contributed by atoms with E-state index in [1.54, 1.807) is 0 Å². The van der Waals surface area contributed by atoms with Crippen LogP contribution in [0.1, 0.15) is 22.8 Å². The lowest BCUT2D eigenvalue weighted by atomic mass is 10.1. The van der Waals surface area contributed by atoms with E-state index in [-0.39, 0.29) is 11.3 Å². The summed E-state index contributed by atoms with van der Waals surface area (Å²) in [4.78, 5) is 11.5. The van der Waals surface area contributed by atoms with Crippen LogP contribution in [-0.2, 0) is 0 Å². The highest BCUT2D eigenvalue weighted by Gasteiger charge is 2.17. The van der Waals surface area contributed by atoms with Gasteiger partial charge in [-0.3, -0.25) is 4.79 Å². The lowest BCUT2D eigenvalue weighted by Gasteiger charge is -2.12. The van der Waals surface area contributed by atoms with Crippen LogP contribution in [0.2, 0.25) is 0 Å². The van der Waals surface area contributed by atoms with Crippen molar-refractivity contribution in [2.24, 2.45) is 0 Å². The molecule has 0 atom stereocenters. The van der Waals surface area contributed by atoms with Gasteiger partial charge in [0, 0.05) is 11.1 Å². The molecule has 5 heteroatoms. The third kappa shape index (κ3) is 2.90. The van der Waals surface area contributed by atoms with Gasteiger partial charge in [0.05, 0.1) is 11.4 Å². The van der Waals surface area contributed by atoms with Crippen LogP contribution in [0.4, 0.5) is 24.5 Å². The molecule has 2 aromatic rings. The van der Waals surface area contributed by atoms with Gasteiger partial charge in [-0.05, 0) is 37.3 Å². The summed E-state index contributed by atoms with van der Waals surface area (Å²) in [6.07, 6.45) is 5.14. The minimum absolute atomic E-state index is 0.0747. The van der Waals surface area contributed by atoms with Crippen LogP contribution < -0.4 is 5.32 Å². The maximum atomic E-state index is 13.8.